The van der Waals surface area contributed by atoms with E-state index in [9.17, 15) is 9.50 Å². The molecule has 0 amide bonds. The molecule has 0 aliphatic heterocycles. The van der Waals surface area contributed by atoms with Crippen LogP contribution in [0.3, 0.4) is 0 Å². The molecule has 1 atom stereocenters. The van der Waals surface area contributed by atoms with E-state index in [0.717, 1.165) is 31.5 Å². The molecule has 1 aromatic rings. The van der Waals surface area contributed by atoms with Crippen molar-refractivity contribution in [3.8, 4) is 0 Å². The maximum atomic E-state index is 13.1. The number of nitrogens with one attached hydrogen (secondary N) is 1. The summed E-state index contributed by atoms with van der Waals surface area (Å²) < 4.78 is 13.1. The molecule has 0 aliphatic rings. The van der Waals surface area contributed by atoms with E-state index >= 15 is 0 Å². The topological polar surface area (TPSA) is 35.5 Å². The van der Waals surface area contributed by atoms with Crippen molar-refractivity contribution in [2.45, 2.75) is 31.7 Å². The molecule has 0 bridgehead atoms. The number of halogens is 1. The van der Waals surface area contributed by atoms with Crippen LogP contribution in [0.4, 0.5) is 10.1 Å². The largest absolute Gasteiger partial charge is 0.394 e. The second kappa shape index (κ2) is 7.46. The van der Waals surface area contributed by atoms with Crippen LogP contribution in [0, 0.1) is 5.82 Å². The van der Waals surface area contributed by atoms with Crippen molar-refractivity contribution in [1.29, 1.82) is 0 Å². The lowest BCUT2D eigenvalue weighted by molar-refractivity contribution is 0.153. The van der Waals surface area contributed by atoms with Crippen LogP contribution < -0.4 is 10.2 Å². The first-order valence-electron chi connectivity index (χ1n) is 6.83. The number of hydrogen-bond acceptors (Lipinski definition) is 3. The van der Waals surface area contributed by atoms with E-state index in [1.54, 1.807) is 6.07 Å². The van der Waals surface area contributed by atoms with Crippen molar-refractivity contribution in [2.75, 3.05) is 32.1 Å². The highest BCUT2D eigenvalue weighted by Crippen LogP contribution is 2.19. The normalized spacial score (nSPS) is 14.2. The summed E-state index contributed by atoms with van der Waals surface area (Å²) in [5.41, 5.74) is 0.693. The van der Waals surface area contributed by atoms with E-state index in [-0.39, 0.29) is 18.0 Å². The first kappa shape index (κ1) is 15.9. The predicted molar refractivity (Wildman–Crippen MR) is 78.1 cm³/mol. The quantitative estimate of drug-likeness (QED) is 0.760. The van der Waals surface area contributed by atoms with Gasteiger partial charge in [0, 0.05) is 24.8 Å². The minimum absolute atomic E-state index is 0.143. The van der Waals surface area contributed by atoms with E-state index in [1.165, 1.54) is 12.1 Å². The Morgan fingerprint density at radius 3 is 2.68 bits per heavy atom. The third-order valence-electron chi connectivity index (χ3n) is 3.91. The molecule has 4 heteroatoms. The van der Waals surface area contributed by atoms with Gasteiger partial charge >= 0.3 is 0 Å². The second-order valence-corrected chi connectivity index (χ2v) is 5.05. The summed E-state index contributed by atoms with van der Waals surface area (Å²) in [4.78, 5) is 2.04. The highest BCUT2D eigenvalue weighted by molar-refractivity contribution is 5.45. The van der Waals surface area contributed by atoms with E-state index in [4.69, 9.17) is 0 Å². The number of benzene rings is 1. The van der Waals surface area contributed by atoms with E-state index < -0.39 is 0 Å². The molecule has 1 unspecified atom stereocenters. The average Bonchev–Trinajstić information content (AvgIpc) is 2.44. The van der Waals surface area contributed by atoms with Gasteiger partial charge in [0.05, 0.1) is 6.61 Å². The first-order chi connectivity index (χ1) is 9.06. The van der Waals surface area contributed by atoms with E-state index in [1.807, 2.05) is 25.1 Å². The first-order valence-corrected chi connectivity index (χ1v) is 6.83. The summed E-state index contributed by atoms with van der Waals surface area (Å²) in [7, 11) is 3.84. The number of rotatable bonds is 8. The van der Waals surface area contributed by atoms with Crippen LogP contribution in [0.25, 0.3) is 0 Å². The lowest BCUT2D eigenvalue weighted by Gasteiger charge is -2.31. The van der Waals surface area contributed by atoms with Crippen LogP contribution in [-0.2, 0) is 0 Å². The van der Waals surface area contributed by atoms with Gasteiger partial charge in [0.25, 0.3) is 0 Å². The van der Waals surface area contributed by atoms with Gasteiger partial charge < -0.3 is 15.3 Å². The number of anilines is 1. The van der Waals surface area contributed by atoms with E-state index in [2.05, 4.69) is 12.2 Å². The molecule has 0 aliphatic carbocycles. The lowest BCUT2D eigenvalue weighted by Crippen LogP contribution is -2.46. The zero-order valence-corrected chi connectivity index (χ0v) is 12.1. The van der Waals surface area contributed by atoms with Crippen LogP contribution in [0.2, 0.25) is 0 Å². The molecule has 0 heterocycles. The Bertz CT molecular complexity index is 372. The van der Waals surface area contributed by atoms with Gasteiger partial charge in [-0.2, -0.15) is 0 Å². The second-order valence-electron chi connectivity index (χ2n) is 5.05. The fourth-order valence-electron chi connectivity index (χ4n) is 2.25. The molecule has 1 rings (SSSR count). The molecule has 0 saturated heterocycles. The number of hydrogen-bond donors (Lipinski definition) is 2. The van der Waals surface area contributed by atoms with Crippen molar-refractivity contribution in [2.24, 2.45) is 0 Å². The Hall–Kier alpha value is -1.13. The summed E-state index contributed by atoms with van der Waals surface area (Å²) in [5, 5.41) is 12.7. The minimum atomic E-state index is -0.210. The monoisotopic (exact) mass is 268 g/mol. The number of likely N-dealkylation sites (N-methyl/N-ethyl adjacent to an activating group) is 1. The Morgan fingerprint density at radius 1 is 1.42 bits per heavy atom. The molecule has 0 spiro atoms. The summed E-state index contributed by atoms with van der Waals surface area (Å²) in [6, 6.07) is 6.61. The van der Waals surface area contributed by atoms with Gasteiger partial charge in [-0.1, -0.05) is 13.0 Å². The van der Waals surface area contributed by atoms with Crippen molar-refractivity contribution in [1.82, 2.24) is 5.32 Å². The van der Waals surface area contributed by atoms with Crippen molar-refractivity contribution >= 4 is 5.69 Å². The number of nitrogens with zero attached hydrogens (tertiary/aromatic N) is 1. The Morgan fingerprint density at radius 2 is 2.16 bits per heavy atom. The van der Waals surface area contributed by atoms with Gasteiger partial charge in [-0.05, 0) is 44.5 Å². The molecule has 19 heavy (non-hydrogen) atoms. The molecule has 0 radical (unpaired) electrons. The SMILES string of the molecule is CCC(CO)(CCCN(C)c1cccc(F)c1)NC. The minimum Gasteiger partial charge on any atom is -0.394 e. The zero-order chi connectivity index (χ0) is 14.3. The van der Waals surface area contributed by atoms with Crippen LogP contribution in [-0.4, -0.2) is 37.9 Å². The third kappa shape index (κ3) is 4.48. The molecule has 3 nitrogen and oxygen atoms in total. The maximum Gasteiger partial charge on any atom is 0.125 e. The molecule has 0 aromatic heterocycles. The summed E-state index contributed by atoms with van der Waals surface area (Å²) in [6.07, 6.45) is 2.74. The van der Waals surface area contributed by atoms with Gasteiger partial charge in [0.2, 0.25) is 0 Å². The van der Waals surface area contributed by atoms with E-state index in [0.29, 0.717) is 0 Å². The van der Waals surface area contributed by atoms with Crippen LogP contribution in [0.5, 0.6) is 0 Å². The Balaban J connectivity index is 2.48. The van der Waals surface area contributed by atoms with Gasteiger partial charge in [0.1, 0.15) is 5.82 Å². The summed E-state index contributed by atoms with van der Waals surface area (Å²) in [5.74, 6) is -0.210. The van der Waals surface area contributed by atoms with Crippen LogP contribution in [0.1, 0.15) is 26.2 Å². The van der Waals surface area contributed by atoms with Crippen molar-refractivity contribution in [3.63, 3.8) is 0 Å². The van der Waals surface area contributed by atoms with Gasteiger partial charge in [0.15, 0.2) is 0 Å². The van der Waals surface area contributed by atoms with Gasteiger partial charge in [-0.3, -0.25) is 0 Å². The molecular weight excluding hydrogens is 243 g/mol. The van der Waals surface area contributed by atoms with Crippen LogP contribution >= 0.6 is 0 Å². The molecule has 108 valence electrons. The fraction of sp³-hybridized carbons (Fsp3) is 0.600. The molecule has 0 fully saturated rings. The average molecular weight is 268 g/mol. The smallest absolute Gasteiger partial charge is 0.125 e. The number of aliphatic hydroxyl groups is 1. The summed E-state index contributed by atoms with van der Waals surface area (Å²) in [6.45, 7) is 3.06. The Labute approximate surface area is 115 Å². The molecule has 0 saturated carbocycles. The highest BCUT2D eigenvalue weighted by Gasteiger charge is 2.24. The molecule has 2 N–H and O–H groups in total. The summed E-state index contributed by atoms with van der Waals surface area (Å²) >= 11 is 0. The molecule has 1 aromatic carbocycles. The third-order valence-corrected chi connectivity index (χ3v) is 3.91. The standard InChI is InChI=1S/C15H25FN2O/c1-4-15(12-19,17-2)9-6-10-18(3)14-8-5-7-13(16)11-14/h5,7-8,11,17,19H,4,6,9-10,12H2,1-3H3. The van der Waals surface area contributed by atoms with Gasteiger partial charge in [-0.25, -0.2) is 4.39 Å². The fourth-order valence-corrected chi connectivity index (χ4v) is 2.25. The highest BCUT2D eigenvalue weighted by atomic mass is 19.1. The molecular formula is C15H25FN2O. The predicted octanol–water partition coefficient (Wildman–Crippen LogP) is 2.40. The van der Waals surface area contributed by atoms with Crippen molar-refractivity contribution in [3.05, 3.63) is 30.1 Å². The van der Waals surface area contributed by atoms with Crippen molar-refractivity contribution < 1.29 is 9.50 Å². The lowest BCUT2D eigenvalue weighted by atomic mass is 9.91. The number of aliphatic hydroxyl groups excluding tert-OH is 1. The van der Waals surface area contributed by atoms with Gasteiger partial charge in [-0.15, -0.1) is 0 Å². The Kier molecular flexibility index (Phi) is 6.25. The zero-order valence-electron chi connectivity index (χ0n) is 12.1. The maximum absolute atomic E-state index is 13.1. The van der Waals surface area contributed by atoms with Crippen LogP contribution in [0.15, 0.2) is 24.3 Å².